The number of nitrogens with zero attached hydrogens (tertiary/aromatic N) is 1. The van der Waals surface area contributed by atoms with E-state index in [0.717, 1.165) is 6.42 Å². The first kappa shape index (κ1) is 29.3. The minimum atomic E-state index is -2.23. The van der Waals surface area contributed by atoms with Crippen LogP contribution in [0.25, 0.3) is 0 Å². The van der Waals surface area contributed by atoms with E-state index in [1.165, 1.54) is 0 Å². The average molecular weight is 487 g/mol. The monoisotopic (exact) mass is 486 g/mol. The Morgan fingerprint density at radius 2 is 1.44 bits per heavy atom. The van der Waals surface area contributed by atoms with Crippen molar-refractivity contribution >= 4 is 28.4 Å². The molecule has 0 aromatic heterocycles. The maximum Gasteiger partial charge on any atom is 0.245 e. The van der Waals surface area contributed by atoms with Crippen molar-refractivity contribution in [1.29, 1.82) is 0 Å². The molecule has 0 spiro atoms. The SMILES string of the molecule is CCCC(=O)N1C[C@H](O[Si](C)(C)C(C)(C)C)[C@@H](O[Si](C)(C)C(C)(C)C)C1C(=O)NC(C)C. The topological polar surface area (TPSA) is 67.9 Å². The van der Waals surface area contributed by atoms with Crippen LogP contribution in [0.4, 0.5) is 0 Å². The molecule has 1 heterocycles. The van der Waals surface area contributed by atoms with Crippen LogP contribution in [0.5, 0.6) is 0 Å². The largest absolute Gasteiger partial charge is 0.409 e. The van der Waals surface area contributed by atoms with Gasteiger partial charge in [-0.3, -0.25) is 9.59 Å². The number of amides is 2. The second kappa shape index (κ2) is 10.3. The summed E-state index contributed by atoms with van der Waals surface area (Å²) in [6.45, 7) is 28.3. The standard InChI is InChI=1S/C24H50N2O4Si2/c1-14-15-19(27)26-16-18(29-31(10,11)23(4,5)6)21(20(26)22(28)25-17(2)3)30-32(12,13)24(7,8)9/h17-18,20-21H,14-16H2,1-13H3,(H,25,28)/t18-,20?,21+/m0/s1. The molecule has 6 nitrogen and oxygen atoms in total. The molecule has 2 amide bonds. The number of carbonyl (C=O) groups excluding carboxylic acids is 2. The first-order valence-corrected chi connectivity index (χ1v) is 18.0. The second-order valence-electron chi connectivity index (χ2n) is 12.7. The summed E-state index contributed by atoms with van der Waals surface area (Å²) in [5.74, 6) is -0.143. The first-order chi connectivity index (χ1) is 14.2. The Morgan fingerprint density at radius 1 is 0.969 bits per heavy atom. The van der Waals surface area contributed by atoms with Crippen molar-refractivity contribution in [2.75, 3.05) is 6.54 Å². The van der Waals surface area contributed by atoms with Gasteiger partial charge in [0.2, 0.25) is 11.8 Å². The molecule has 3 atom stereocenters. The second-order valence-corrected chi connectivity index (χ2v) is 22.2. The summed E-state index contributed by atoms with van der Waals surface area (Å²) >= 11 is 0. The predicted octanol–water partition coefficient (Wildman–Crippen LogP) is 5.30. The fraction of sp³-hybridized carbons (Fsp3) is 0.917. The van der Waals surface area contributed by atoms with Gasteiger partial charge < -0.3 is 19.1 Å². The molecule has 0 aromatic rings. The van der Waals surface area contributed by atoms with Crippen molar-refractivity contribution in [3.63, 3.8) is 0 Å². The molecule has 1 fully saturated rings. The van der Waals surface area contributed by atoms with Crippen molar-refractivity contribution in [3.8, 4) is 0 Å². The van der Waals surface area contributed by atoms with Crippen molar-refractivity contribution < 1.29 is 18.4 Å². The first-order valence-electron chi connectivity index (χ1n) is 12.2. The van der Waals surface area contributed by atoms with E-state index in [1.54, 1.807) is 4.90 Å². The highest BCUT2D eigenvalue weighted by Gasteiger charge is 2.54. The quantitative estimate of drug-likeness (QED) is 0.473. The van der Waals surface area contributed by atoms with Gasteiger partial charge in [0, 0.05) is 19.0 Å². The van der Waals surface area contributed by atoms with Crippen LogP contribution >= 0.6 is 0 Å². The summed E-state index contributed by atoms with van der Waals surface area (Å²) in [7, 11) is -4.37. The fourth-order valence-corrected chi connectivity index (χ4v) is 6.02. The lowest BCUT2D eigenvalue weighted by atomic mass is 10.1. The average Bonchev–Trinajstić information content (AvgIpc) is 2.89. The fourth-order valence-electron chi connectivity index (χ4n) is 3.38. The third-order valence-electron chi connectivity index (χ3n) is 7.36. The van der Waals surface area contributed by atoms with Gasteiger partial charge >= 0.3 is 0 Å². The van der Waals surface area contributed by atoms with Gasteiger partial charge in [0.25, 0.3) is 0 Å². The maximum atomic E-state index is 13.4. The Labute approximate surface area is 199 Å². The van der Waals surface area contributed by atoms with Crippen LogP contribution < -0.4 is 5.32 Å². The molecule has 188 valence electrons. The van der Waals surface area contributed by atoms with E-state index in [2.05, 4.69) is 73.0 Å². The molecule has 1 N–H and O–H groups in total. The molecule has 0 bridgehead atoms. The predicted molar refractivity (Wildman–Crippen MR) is 138 cm³/mol. The van der Waals surface area contributed by atoms with Gasteiger partial charge in [-0.1, -0.05) is 48.5 Å². The molecule has 1 saturated heterocycles. The molecule has 32 heavy (non-hydrogen) atoms. The Bertz CT molecular complexity index is 666. The van der Waals surface area contributed by atoms with Gasteiger partial charge in [-0.05, 0) is 56.5 Å². The van der Waals surface area contributed by atoms with E-state index in [1.807, 2.05) is 20.8 Å². The summed E-state index contributed by atoms with van der Waals surface area (Å²) in [4.78, 5) is 28.3. The van der Waals surface area contributed by atoms with Crippen LogP contribution in [-0.4, -0.2) is 64.2 Å². The summed E-state index contributed by atoms with van der Waals surface area (Å²) in [5.41, 5.74) is 0. The van der Waals surface area contributed by atoms with E-state index < -0.39 is 28.8 Å². The number of hydrogen-bond acceptors (Lipinski definition) is 4. The summed E-state index contributed by atoms with van der Waals surface area (Å²) < 4.78 is 13.7. The zero-order chi connectivity index (χ0) is 25.3. The number of rotatable bonds is 8. The third kappa shape index (κ3) is 6.90. The highest BCUT2D eigenvalue weighted by molar-refractivity contribution is 6.74. The van der Waals surface area contributed by atoms with E-state index >= 15 is 0 Å². The van der Waals surface area contributed by atoms with E-state index in [-0.39, 0.29) is 34.0 Å². The molecule has 0 radical (unpaired) electrons. The number of nitrogens with one attached hydrogen (secondary N) is 1. The molecule has 1 aliphatic rings. The molecule has 1 unspecified atom stereocenters. The Morgan fingerprint density at radius 3 is 1.84 bits per heavy atom. The molecule has 0 saturated carbocycles. The van der Waals surface area contributed by atoms with Crippen molar-refractivity contribution in [1.82, 2.24) is 10.2 Å². The molecule has 0 aliphatic carbocycles. The van der Waals surface area contributed by atoms with Crippen molar-refractivity contribution in [2.45, 2.75) is 136 Å². The molecule has 1 rings (SSSR count). The number of likely N-dealkylation sites (tertiary alicyclic amines) is 1. The van der Waals surface area contributed by atoms with Gasteiger partial charge in [0.15, 0.2) is 16.6 Å². The Balaban J connectivity index is 3.50. The highest BCUT2D eigenvalue weighted by Crippen LogP contribution is 2.43. The maximum absolute atomic E-state index is 13.4. The highest BCUT2D eigenvalue weighted by atomic mass is 28.4. The van der Waals surface area contributed by atoms with E-state index in [9.17, 15) is 9.59 Å². The minimum absolute atomic E-state index is 0.00145. The lowest BCUT2D eigenvalue weighted by Crippen LogP contribution is -2.57. The normalized spacial score (nSPS) is 23.1. The number of carbonyl (C=O) groups is 2. The Kier molecular flexibility index (Phi) is 9.42. The molecular weight excluding hydrogens is 436 g/mol. The zero-order valence-electron chi connectivity index (χ0n) is 23.0. The van der Waals surface area contributed by atoms with Gasteiger partial charge in [-0.15, -0.1) is 0 Å². The van der Waals surface area contributed by atoms with Crippen LogP contribution in [0.1, 0.15) is 75.2 Å². The zero-order valence-corrected chi connectivity index (χ0v) is 25.0. The van der Waals surface area contributed by atoms with Crippen LogP contribution in [0.2, 0.25) is 36.3 Å². The smallest absolute Gasteiger partial charge is 0.245 e. The van der Waals surface area contributed by atoms with Crippen molar-refractivity contribution in [2.24, 2.45) is 0 Å². The third-order valence-corrected chi connectivity index (χ3v) is 16.3. The molecular formula is C24H50N2O4Si2. The molecule has 0 aromatic carbocycles. The minimum Gasteiger partial charge on any atom is -0.409 e. The number of hydrogen-bond donors (Lipinski definition) is 1. The van der Waals surface area contributed by atoms with Crippen LogP contribution in [-0.2, 0) is 18.4 Å². The van der Waals surface area contributed by atoms with Crippen molar-refractivity contribution in [3.05, 3.63) is 0 Å². The summed E-state index contributed by atoms with van der Waals surface area (Å²) in [5, 5.41) is 3.04. The van der Waals surface area contributed by atoms with Crippen LogP contribution in [0.15, 0.2) is 0 Å². The van der Waals surface area contributed by atoms with Crippen LogP contribution in [0.3, 0.4) is 0 Å². The molecule has 1 aliphatic heterocycles. The van der Waals surface area contributed by atoms with E-state index in [4.69, 9.17) is 8.85 Å². The lowest BCUT2D eigenvalue weighted by molar-refractivity contribution is -0.140. The van der Waals surface area contributed by atoms with E-state index in [0.29, 0.717) is 13.0 Å². The lowest BCUT2D eigenvalue weighted by Gasteiger charge is -2.43. The summed E-state index contributed by atoms with van der Waals surface area (Å²) in [6.07, 6.45) is 0.388. The van der Waals surface area contributed by atoms with Gasteiger partial charge in [0.05, 0.1) is 6.10 Å². The molecule has 8 heteroatoms. The van der Waals surface area contributed by atoms with Gasteiger partial charge in [-0.25, -0.2) is 0 Å². The summed E-state index contributed by atoms with van der Waals surface area (Å²) in [6, 6.07) is -0.681. The Hall–Kier alpha value is -0.706. The van der Waals surface area contributed by atoms with Gasteiger partial charge in [0.1, 0.15) is 12.1 Å². The van der Waals surface area contributed by atoms with Gasteiger partial charge in [-0.2, -0.15) is 0 Å². The van der Waals surface area contributed by atoms with Crippen LogP contribution in [0, 0.1) is 0 Å².